The molecule has 0 aromatic heterocycles. The highest BCUT2D eigenvalue weighted by molar-refractivity contribution is 6.89. The Morgan fingerprint density at radius 1 is 0.421 bits per heavy atom. The fourth-order valence-corrected chi connectivity index (χ4v) is 26.1. The quantitative estimate of drug-likeness (QED) is 0.0850. The van der Waals surface area contributed by atoms with Gasteiger partial charge in [0.1, 0.15) is 0 Å². The minimum atomic E-state index is -2.89. The number of hydrogen-bond donors (Lipinski definition) is 3. The monoisotopic (exact) mass is 885 g/mol. The molecule has 0 bridgehead atoms. The van der Waals surface area contributed by atoms with Crippen molar-refractivity contribution in [2.24, 2.45) is 0 Å². The number of carbonyl (C=O) groups excluding carboxylic acids is 6. The van der Waals surface area contributed by atoms with Crippen LogP contribution in [0.3, 0.4) is 0 Å². The minimum Gasteiger partial charge on any atom is -0.436 e. The van der Waals surface area contributed by atoms with Crippen molar-refractivity contribution in [1.29, 1.82) is 0 Å². The molecule has 0 aliphatic carbocycles. The van der Waals surface area contributed by atoms with Gasteiger partial charge in [-0.3, -0.25) is 28.8 Å². The summed E-state index contributed by atoms with van der Waals surface area (Å²) in [5, 5.41) is 8.26. The highest BCUT2D eigenvalue weighted by Crippen LogP contribution is 2.31. The fourth-order valence-electron chi connectivity index (χ4n) is 6.38. The Labute approximate surface area is 353 Å². The third-order valence-corrected chi connectivity index (χ3v) is 24.7. The van der Waals surface area contributed by atoms with Crippen LogP contribution in [0.15, 0.2) is 0 Å². The molecule has 0 fully saturated rings. The Balaban J connectivity index is -0.00000225. The molecular weight excluding hydrogens is 797 g/mol. The van der Waals surface area contributed by atoms with Crippen LogP contribution in [0, 0.1) is 0 Å². The molecule has 340 valence electrons. The van der Waals surface area contributed by atoms with Gasteiger partial charge in [0.2, 0.25) is 35.4 Å². The Morgan fingerprint density at radius 3 is 0.982 bits per heavy atom. The zero-order valence-corrected chi connectivity index (χ0v) is 39.1. The Morgan fingerprint density at radius 2 is 0.702 bits per heavy atom. The standard InChI is InChI=1S/C34H72N6O9Si4.4CH4/c1-29(41)35-17-23-38(32(4)44)20-14-26-50(7,8)47-52(11,12)49-53(13,28-16-22-40(34(6)46)25-19-37-31(3)43)48-51(9,10)27-15-21-39(33(5)45)24-18-36-30(2)42;;;;/h14-28H2,1-13H3,(H,35,41)(H,36,42)(H,37,43);4*1H4. The first-order chi connectivity index (χ1) is 24.3. The molecule has 0 aromatic carbocycles. The van der Waals surface area contributed by atoms with Crippen LogP contribution in [0.5, 0.6) is 0 Å². The third kappa shape index (κ3) is 32.1. The summed E-state index contributed by atoms with van der Waals surface area (Å²) in [5.41, 5.74) is 0. The first-order valence-corrected chi connectivity index (χ1v) is 30.5. The molecule has 0 heterocycles. The zero-order valence-electron chi connectivity index (χ0n) is 35.1. The fraction of sp³-hybridized carbons (Fsp3) is 0.842. The van der Waals surface area contributed by atoms with Crippen molar-refractivity contribution < 1.29 is 41.1 Å². The predicted molar refractivity (Wildman–Crippen MR) is 245 cm³/mol. The number of rotatable bonds is 27. The molecule has 0 radical (unpaired) electrons. The van der Waals surface area contributed by atoms with Crippen molar-refractivity contribution in [1.82, 2.24) is 30.7 Å². The van der Waals surface area contributed by atoms with Gasteiger partial charge < -0.3 is 43.0 Å². The lowest BCUT2D eigenvalue weighted by atomic mass is 10.4. The van der Waals surface area contributed by atoms with E-state index in [1.807, 2.05) is 0 Å². The number of amides is 6. The largest absolute Gasteiger partial charge is 0.436 e. The van der Waals surface area contributed by atoms with Gasteiger partial charge in [0.15, 0.2) is 16.6 Å². The normalized spacial score (nSPS) is 12.2. The van der Waals surface area contributed by atoms with Gasteiger partial charge in [0, 0.05) is 100 Å². The lowest BCUT2D eigenvalue weighted by Crippen LogP contribution is -2.58. The lowest BCUT2D eigenvalue weighted by molar-refractivity contribution is -0.129. The summed E-state index contributed by atoms with van der Waals surface area (Å²) in [5.74, 6) is -0.526. The molecule has 15 nitrogen and oxygen atoms in total. The van der Waals surface area contributed by atoms with Crippen LogP contribution in [0.25, 0.3) is 0 Å². The van der Waals surface area contributed by atoms with Gasteiger partial charge in [-0.1, -0.05) is 29.7 Å². The maximum Gasteiger partial charge on any atom is 0.315 e. The molecule has 0 spiro atoms. The van der Waals surface area contributed by atoms with Crippen LogP contribution in [-0.2, 0) is 41.1 Å². The number of hydrogen-bond acceptors (Lipinski definition) is 9. The van der Waals surface area contributed by atoms with E-state index in [2.05, 4.69) is 61.8 Å². The summed E-state index contributed by atoms with van der Waals surface area (Å²) in [6, 6.07) is 2.27. The van der Waals surface area contributed by atoms with Gasteiger partial charge in [0.05, 0.1) is 0 Å². The SMILES string of the molecule is C.C.C.C.CC(=O)NCCN(CCC[Si](C)(C)O[Si](C)(C)O[Si](C)(CCCN(CCNC(C)=O)C(C)=O)O[Si](C)(C)CCCN(CCNC(C)=O)C(C)=O)C(C)=O. The van der Waals surface area contributed by atoms with Crippen molar-refractivity contribution in [3.8, 4) is 0 Å². The summed E-state index contributed by atoms with van der Waals surface area (Å²) in [4.78, 5) is 76.1. The lowest BCUT2D eigenvalue weighted by Gasteiger charge is -2.43. The second-order valence-corrected chi connectivity index (χ2v) is 31.7. The zero-order chi connectivity index (χ0) is 41.0. The topological polar surface area (TPSA) is 176 Å². The highest BCUT2D eigenvalue weighted by atomic mass is 28.5. The number of nitrogens with zero attached hydrogens (tertiary/aromatic N) is 3. The van der Waals surface area contributed by atoms with Crippen LogP contribution in [-0.4, -0.2) is 143 Å². The maximum atomic E-state index is 12.4. The summed E-state index contributed by atoms with van der Waals surface area (Å²) in [6.45, 7) is 28.1. The van der Waals surface area contributed by atoms with Gasteiger partial charge in [-0.15, -0.1) is 0 Å². The summed E-state index contributed by atoms with van der Waals surface area (Å²) < 4.78 is 21.1. The second kappa shape index (κ2) is 30.6. The molecule has 6 amide bonds. The van der Waals surface area contributed by atoms with Crippen molar-refractivity contribution in [3.63, 3.8) is 0 Å². The van der Waals surface area contributed by atoms with E-state index in [4.69, 9.17) is 12.3 Å². The summed E-state index contributed by atoms with van der Waals surface area (Å²) in [7, 11) is -10.2. The van der Waals surface area contributed by atoms with Gasteiger partial charge in [-0.25, -0.2) is 0 Å². The Kier molecular flexibility index (Phi) is 34.2. The second-order valence-electron chi connectivity index (χ2n) is 15.6. The van der Waals surface area contributed by atoms with Crippen LogP contribution in [0.2, 0.25) is 64.0 Å². The summed E-state index contributed by atoms with van der Waals surface area (Å²) >= 11 is 0. The van der Waals surface area contributed by atoms with E-state index in [0.717, 1.165) is 24.9 Å². The molecule has 3 N–H and O–H groups in total. The van der Waals surface area contributed by atoms with E-state index in [1.54, 1.807) is 21.6 Å². The van der Waals surface area contributed by atoms with Crippen molar-refractivity contribution in [3.05, 3.63) is 0 Å². The van der Waals surface area contributed by atoms with E-state index in [9.17, 15) is 28.8 Å². The Hall–Kier alpha value is -2.43. The van der Waals surface area contributed by atoms with E-state index in [0.29, 0.717) is 71.4 Å². The predicted octanol–water partition coefficient (Wildman–Crippen LogP) is 5.89. The number of nitrogens with one attached hydrogen (secondary N) is 3. The molecule has 0 aliphatic rings. The molecular formula is C38H88N6O9Si4. The molecule has 0 saturated carbocycles. The average molecular weight is 885 g/mol. The first-order valence-electron chi connectivity index (χ1n) is 18.9. The molecule has 0 aromatic rings. The molecule has 0 saturated heterocycles. The van der Waals surface area contributed by atoms with E-state index in [-0.39, 0.29) is 65.1 Å². The van der Waals surface area contributed by atoms with Crippen LogP contribution in [0.4, 0.5) is 0 Å². The maximum absolute atomic E-state index is 12.4. The van der Waals surface area contributed by atoms with E-state index >= 15 is 0 Å². The molecule has 1 atom stereocenters. The first kappa shape index (κ1) is 63.7. The number of carbonyl (C=O) groups is 6. The molecule has 0 rings (SSSR count). The molecule has 1 unspecified atom stereocenters. The van der Waals surface area contributed by atoms with Gasteiger partial charge >= 0.3 is 17.1 Å². The van der Waals surface area contributed by atoms with Crippen molar-refractivity contribution in [2.45, 2.75) is 154 Å². The van der Waals surface area contributed by atoms with Crippen LogP contribution < -0.4 is 16.0 Å². The highest BCUT2D eigenvalue weighted by Gasteiger charge is 2.46. The molecule has 57 heavy (non-hydrogen) atoms. The van der Waals surface area contributed by atoms with Gasteiger partial charge in [-0.2, -0.15) is 0 Å². The van der Waals surface area contributed by atoms with Crippen molar-refractivity contribution in [2.75, 3.05) is 58.9 Å². The summed E-state index contributed by atoms with van der Waals surface area (Å²) in [6.07, 6.45) is 2.19. The van der Waals surface area contributed by atoms with E-state index < -0.39 is 33.8 Å². The Bertz CT molecular complexity index is 1210. The van der Waals surface area contributed by atoms with Crippen molar-refractivity contribution >= 4 is 69.2 Å². The smallest absolute Gasteiger partial charge is 0.315 e. The van der Waals surface area contributed by atoms with Gasteiger partial charge in [-0.05, 0) is 83.2 Å². The average Bonchev–Trinajstić information content (AvgIpc) is 2.96. The van der Waals surface area contributed by atoms with Crippen LogP contribution in [0.1, 0.15) is 90.5 Å². The molecule has 0 aliphatic heterocycles. The van der Waals surface area contributed by atoms with Crippen LogP contribution >= 0.6 is 0 Å². The minimum absolute atomic E-state index is 0. The third-order valence-electron chi connectivity index (χ3n) is 8.55. The van der Waals surface area contributed by atoms with E-state index in [1.165, 1.54) is 34.6 Å². The van der Waals surface area contributed by atoms with Gasteiger partial charge in [0.25, 0.3) is 0 Å². The molecule has 19 heteroatoms.